The highest BCUT2D eigenvalue weighted by Crippen LogP contribution is 2.25. The zero-order valence-electron chi connectivity index (χ0n) is 14.8. The van der Waals surface area contributed by atoms with Gasteiger partial charge in [0.2, 0.25) is 0 Å². The number of nitrogens with one attached hydrogen (secondary N) is 1. The van der Waals surface area contributed by atoms with E-state index in [0.717, 1.165) is 5.56 Å². The van der Waals surface area contributed by atoms with Crippen LogP contribution in [0.25, 0.3) is 0 Å². The molecular weight excluding hydrogens is 372 g/mol. The third-order valence-electron chi connectivity index (χ3n) is 3.62. The second-order valence-corrected chi connectivity index (χ2v) is 6.18. The maximum absolute atomic E-state index is 12.2. The summed E-state index contributed by atoms with van der Waals surface area (Å²) in [7, 11) is 1.53. The summed E-state index contributed by atoms with van der Waals surface area (Å²) in [5.41, 5.74) is 0.208. The summed E-state index contributed by atoms with van der Waals surface area (Å²) in [6.07, 6.45) is 1.78. The highest BCUT2D eigenvalue weighted by molar-refractivity contribution is 7.98. The van der Waals surface area contributed by atoms with Gasteiger partial charge in [-0.15, -0.1) is 11.8 Å². The van der Waals surface area contributed by atoms with E-state index in [2.05, 4.69) is 5.32 Å². The number of hydrogen-bond acceptors (Lipinski definition) is 7. The normalized spacial score (nSPS) is 10.1. The summed E-state index contributed by atoms with van der Waals surface area (Å²) in [6.45, 7) is -0.350. The van der Waals surface area contributed by atoms with Crippen molar-refractivity contribution in [2.24, 2.45) is 0 Å². The molecule has 2 aromatic rings. The van der Waals surface area contributed by atoms with E-state index in [9.17, 15) is 19.7 Å². The number of ether oxygens (including phenoxy) is 2. The van der Waals surface area contributed by atoms with E-state index in [1.807, 2.05) is 12.1 Å². The number of carbonyl (C=O) groups is 2. The van der Waals surface area contributed by atoms with Crippen molar-refractivity contribution in [1.29, 1.82) is 0 Å². The lowest BCUT2D eigenvalue weighted by Gasteiger charge is -2.10. The van der Waals surface area contributed by atoms with Gasteiger partial charge in [0.25, 0.3) is 11.6 Å². The van der Waals surface area contributed by atoms with E-state index in [1.165, 1.54) is 31.0 Å². The van der Waals surface area contributed by atoms with Crippen molar-refractivity contribution in [2.75, 3.05) is 20.0 Å². The molecule has 0 aliphatic heterocycles. The highest BCUT2D eigenvalue weighted by Gasteiger charge is 2.22. The number of esters is 1. The molecule has 0 spiro atoms. The predicted octanol–water partition coefficient (Wildman–Crippen LogP) is 2.80. The lowest BCUT2D eigenvalue weighted by Crippen LogP contribution is -2.28. The third-order valence-corrected chi connectivity index (χ3v) is 4.35. The smallest absolute Gasteiger partial charge is 0.345 e. The van der Waals surface area contributed by atoms with Crippen LogP contribution in [0.5, 0.6) is 5.75 Å². The molecule has 27 heavy (non-hydrogen) atoms. The summed E-state index contributed by atoms with van der Waals surface area (Å²) in [6, 6.07) is 11.3. The molecule has 0 aromatic heterocycles. The largest absolute Gasteiger partial charge is 0.496 e. The summed E-state index contributed by atoms with van der Waals surface area (Å²) in [5.74, 6) is -0.831. The Morgan fingerprint density at radius 1 is 1.22 bits per heavy atom. The molecule has 1 amide bonds. The number of hydrogen-bond donors (Lipinski definition) is 1. The minimum absolute atomic E-state index is 0.190. The molecule has 0 fully saturated rings. The van der Waals surface area contributed by atoms with Gasteiger partial charge in [0.1, 0.15) is 11.3 Å². The van der Waals surface area contributed by atoms with Gasteiger partial charge >= 0.3 is 5.97 Å². The molecule has 0 aliphatic carbocycles. The minimum atomic E-state index is -0.926. The Balaban J connectivity index is 1.97. The first kappa shape index (κ1) is 20.2. The van der Waals surface area contributed by atoms with Gasteiger partial charge < -0.3 is 14.8 Å². The lowest BCUT2D eigenvalue weighted by atomic mass is 10.2. The maximum atomic E-state index is 12.2. The molecule has 9 heteroatoms. The van der Waals surface area contributed by atoms with Gasteiger partial charge in [-0.3, -0.25) is 14.9 Å². The fourth-order valence-corrected chi connectivity index (χ4v) is 2.71. The highest BCUT2D eigenvalue weighted by atomic mass is 32.2. The summed E-state index contributed by atoms with van der Waals surface area (Å²) >= 11 is 1.33. The molecule has 2 rings (SSSR count). The van der Waals surface area contributed by atoms with Crippen molar-refractivity contribution in [3.8, 4) is 5.75 Å². The number of nitrogens with zero attached hydrogens (tertiary/aromatic N) is 1. The van der Waals surface area contributed by atoms with Crippen molar-refractivity contribution in [2.45, 2.75) is 11.4 Å². The topological polar surface area (TPSA) is 108 Å². The molecule has 0 aliphatic rings. The number of carbonyl (C=O) groups excluding carboxylic acids is 2. The summed E-state index contributed by atoms with van der Waals surface area (Å²) in [5, 5.41) is 13.7. The van der Waals surface area contributed by atoms with Gasteiger partial charge in [-0.1, -0.05) is 18.2 Å². The number of nitro groups is 1. The van der Waals surface area contributed by atoms with Crippen LogP contribution in [0, 0.1) is 10.1 Å². The minimum Gasteiger partial charge on any atom is -0.496 e. The van der Waals surface area contributed by atoms with E-state index in [1.54, 1.807) is 24.5 Å². The molecule has 0 unspecified atom stereocenters. The second kappa shape index (κ2) is 9.58. The van der Waals surface area contributed by atoms with Crippen molar-refractivity contribution >= 4 is 29.3 Å². The third kappa shape index (κ3) is 5.45. The van der Waals surface area contributed by atoms with Crippen LogP contribution in [0.2, 0.25) is 0 Å². The van der Waals surface area contributed by atoms with E-state index in [4.69, 9.17) is 9.47 Å². The zero-order valence-corrected chi connectivity index (χ0v) is 15.6. The van der Waals surface area contributed by atoms with Crippen LogP contribution in [-0.2, 0) is 16.1 Å². The number of rotatable bonds is 8. The van der Waals surface area contributed by atoms with Crippen LogP contribution in [0.15, 0.2) is 47.4 Å². The van der Waals surface area contributed by atoms with Crippen molar-refractivity contribution < 1.29 is 24.0 Å². The van der Waals surface area contributed by atoms with Crippen LogP contribution in [-0.4, -0.2) is 36.8 Å². The fourth-order valence-electron chi connectivity index (χ4n) is 2.27. The average Bonchev–Trinajstić information content (AvgIpc) is 2.69. The average molecular weight is 390 g/mol. The van der Waals surface area contributed by atoms with E-state index in [0.29, 0.717) is 10.6 Å². The van der Waals surface area contributed by atoms with E-state index < -0.39 is 23.4 Å². The Morgan fingerprint density at radius 2 is 1.96 bits per heavy atom. The maximum Gasteiger partial charge on any atom is 0.345 e. The quantitative estimate of drug-likeness (QED) is 0.319. The Bertz CT molecular complexity index is 855. The summed E-state index contributed by atoms with van der Waals surface area (Å²) < 4.78 is 10.1. The number of nitro benzene ring substituents is 1. The number of benzene rings is 2. The first-order valence-corrected chi connectivity index (χ1v) is 9.07. The molecule has 142 valence electrons. The Morgan fingerprint density at radius 3 is 2.63 bits per heavy atom. The molecule has 8 nitrogen and oxygen atoms in total. The monoisotopic (exact) mass is 390 g/mol. The van der Waals surface area contributed by atoms with E-state index >= 15 is 0 Å². The number of thioether (sulfide) groups is 1. The number of methoxy groups -OCH3 is 1. The Kier molecular flexibility index (Phi) is 7.18. The van der Waals surface area contributed by atoms with Gasteiger partial charge in [0.05, 0.1) is 12.0 Å². The molecule has 0 heterocycles. The number of para-hydroxylation sites is 1. The van der Waals surface area contributed by atoms with Gasteiger partial charge in [0, 0.05) is 23.1 Å². The van der Waals surface area contributed by atoms with Crippen molar-refractivity contribution in [1.82, 2.24) is 5.32 Å². The van der Waals surface area contributed by atoms with Crippen LogP contribution in [0.3, 0.4) is 0 Å². The second-order valence-electron chi connectivity index (χ2n) is 5.30. The number of amides is 1. The van der Waals surface area contributed by atoms with Gasteiger partial charge in [-0.25, -0.2) is 4.79 Å². The van der Waals surface area contributed by atoms with Crippen LogP contribution in [0.4, 0.5) is 5.69 Å². The van der Waals surface area contributed by atoms with Gasteiger partial charge in [-0.2, -0.15) is 0 Å². The van der Waals surface area contributed by atoms with Crippen LogP contribution >= 0.6 is 11.8 Å². The van der Waals surface area contributed by atoms with Crippen LogP contribution in [0.1, 0.15) is 15.9 Å². The van der Waals surface area contributed by atoms with Gasteiger partial charge in [0.15, 0.2) is 6.61 Å². The predicted molar refractivity (Wildman–Crippen MR) is 100 cm³/mol. The molecule has 2 aromatic carbocycles. The molecule has 0 atom stereocenters. The molecule has 1 N–H and O–H groups in total. The Labute approximate surface area is 160 Å². The fraction of sp³-hybridized carbons (Fsp3) is 0.222. The molecule has 0 radical (unpaired) electrons. The first-order valence-electron chi connectivity index (χ1n) is 7.84. The van der Waals surface area contributed by atoms with Gasteiger partial charge in [-0.05, 0) is 24.5 Å². The zero-order chi connectivity index (χ0) is 19.8. The van der Waals surface area contributed by atoms with Crippen LogP contribution < -0.4 is 10.1 Å². The molecule has 0 saturated heterocycles. The SMILES string of the molecule is COc1ccccc1CNC(=O)COC(=O)c1cc(SC)ccc1[N+](=O)[O-]. The molecule has 0 saturated carbocycles. The first-order chi connectivity index (χ1) is 13.0. The molecular formula is C18H18N2O6S. The standard InChI is InChI=1S/C18H18N2O6S/c1-25-16-6-4-3-5-12(16)10-19-17(21)11-26-18(22)14-9-13(27-2)7-8-15(14)20(23)24/h3-9H,10-11H2,1-2H3,(H,19,21). The summed E-state index contributed by atoms with van der Waals surface area (Å²) in [4.78, 5) is 35.2. The van der Waals surface area contributed by atoms with Crippen molar-refractivity contribution in [3.05, 3.63) is 63.7 Å². The lowest BCUT2D eigenvalue weighted by molar-refractivity contribution is -0.385. The Hall–Kier alpha value is -3.07. The molecule has 0 bridgehead atoms. The van der Waals surface area contributed by atoms with Crippen molar-refractivity contribution in [3.63, 3.8) is 0 Å². The van der Waals surface area contributed by atoms with E-state index in [-0.39, 0.29) is 17.8 Å².